The second-order valence-corrected chi connectivity index (χ2v) is 13.3. The number of rotatable bonds is 7. The average molecular weight is 314 g/mol. The molecule has 2 unspecified atom stereocenters. The van der Waals surface area contributed by atoms with Crippen molar-refractivity contribution < 1.29 is 9.16 Å². The Kier molecular flexibility index (Phi) is 5.91. The lowest BCUT2D eigenvalue weighted by Gasteiger charge is -2.46. The number of likely N-dealkylation sites (tertiary alicyclic amines) is 1. The minimum Gasteiger partial charge on any atom is -0.412 e. The summed E-state index contributed by atoms with van der Waals surface area (Å²) in [7, 11) is -1.73. The van der Waals surface area contributed by atoms with Crippen molar-refractivity contribution >= 4 is 8.32 Å². The van der Waals surface area contributed by atoms with Gasteiger partial charge in [0.05, 0.1) is 18.8 Å². The van der Waals surface area contributed by atoms with Crippen LogP contribution < -0.4 is 0 Å². The van der Waals surface area contributed by atoms with Crippen LogP contribution in [0.1, 0.15) is 54.4 Å². The van der Waals surface area contributed by atoms with E-state index in [0.29, 0.717) is 28.8 Å². The second-order valence-electron chi connectivity index (χ2n) is 7.91. The molecule has 21 heavy (non-hydrogen) atoms. The molecule has 0 aliphatic carbocycles. The molecule has 3 nitrogen and oxygen atoms in total. The molecule has 0 radical (unpaired) electrons. The molecule has 0 aromatic heterocycles. The Morgan fingerprint density at radius 3 is 2.14 bits per heavy atom. The maximum Gasteiger partial charge on any atom is 0.200 e. The van der Waals surface area contributed by atoms with Crippen LogP contribution in [0.15, 0.2) is 0 Å². The van der Waals surface area contributed by atoms with Gasteiger partial charge in [-0.15, -0.1) is 0 Å². The number of hydrogen-bond acceptors (Lipinski definition) is 3. The highest BCUT2D eigenvalue weighted by atomic mass is 28.4. The van der Waals surface area contributed by atoms with Crippen molar-refractivity contribution in [2.75, 3.05) is 26.2 Å². The fourth-order valence-electron chi connectivity index (χ4n) is 4.43. The van der Waals surface area contributed by atoms with Gasteiger partial charge in [0.1, 0.15) is 0 Å². The van der Waals surface area contributed by atoms with Crippen LogP contribution in [-0.2, 0) is 9.16 Å². The van der Waals surface area contributed by atoms with Crippen LogP contribution in [0.4, 0.5) is 0 Å². The predicted octanol–water partition coefficient (Wildman–Crippen LogP) is 4.04. The van der Waals surface area contributed by atoms with E-state index in [2.05, 4.69) is 46.4 Å². The molecule has 2 rings (SSSR count). The van der Waals surface area contributed by atoms with E-state index in [4.69, 9.17) is 9.16 Å². The van der Waals surface area contributed by atoms with Crippen LogP contribution in [0.2, 0.25) is 16.6 Å². The first kappa shape index (κ1) is 17.5. The number of epoxide rings is 1. The van der Waals surface area contributed by atoms with E-state index in [0.717, 1.165) is 19.7 Å². The number of piperidine rings is 1. The highest BCUT2D eigenvalue weighted by Gasteiger charge is 2.47. The first-order valence-electron chi connectivity index (χ1n) is 8.88. The van der Waals surface area contributed by atoms with Gasteiger partial charge in [-0.25, -0.2) is 0 Å². The van der Waals surface area contributed by atoms with E-state index >= 15 is 0 Å². The second kappa shape index (κ2) is 7.11. The Morgan fingerprint density at radius 1 is 1.10 bits per heavy atom. The molecule has 0 amide bonds. The summed E-state index contributed by atoms with van der Waals surface area (Å²) in [6.07, 6.45) is 3.46. The quantitative estimate of drug-likeness (QED) is 0.524. The van der Waals surface area contributed by atoms with E-state index in [-0.39, 0.29) is 0 Å². The van der Waals surface area contributed by atoms with E-state index in [1.165, 1.54) is 19.4 Å². The largest absolute Gasteiger partial charge is 0.412 e. The van der Waals surface area contributed by atoms with E-state index in [1.807, 2.05) is 0 Å². The zero-order valence-electron chi connectivity index (χ0n) is 14.9. The average Bonchev–Trinajstić information content (AvgIpc) is 3.19. The Bertz CT molecular complexity index is 307. The molecule has 0 aromatic rings. The molecule has 0 saturated carbocycles. The third kappa shape index (κ3) is 4.09. The fraction of sp³-hybridized carbons (Fsp3) is 1.00. The summed E-state index contributed by atoms with van der Waals surface area (Å²) in [5.41, 5.74) is 2.04. The van der Waals surface area contributed by atoms with Crippen LogP contribution >= 0.6 is 0 Å². The van der Waals surface area contributed by atoms with Crippen LogP contribution in [0.3, 0.4) is 0 Å². The molecular weight excluding hydrogens is 278 g/mol. The molecular formula is C17H35NO2Si. The van der Waals surface area contributed by atoms with Crippen LogP contribution in [0, 0.1) is 0 Å². The molecule has 0 N–H and O–H groups in total. The third-order valence-corrected chi connectivity index (χ3v) is 11.6. The Hall–Kier alpha value is 0.0969. The lowest BCUT2D eigenvalue weighted by Crippen LogP contribution is -2.53. The van der Waals surface area contributed by atoms with Gasteiger partial charge < -0.3 is 9.16 Å². The van der Waals surface area contributed by atoms with Gasteiger partial charge in [0.2, 0.25) is 8.32 Å². The van der Waals surface area contributed by atoms with Gasteiger partial charge in [0, 0.05) is 13.1 Å². The molecule has 2 saturated heterocycles. The minimum absolute atomic E-state index is 0.441. The van der Waals surface area contributed by atoms with Gasteiger partial charge >= 0.3 is 0 Å². The predicted molar refractivity (Wildman–Crippen MR) is 91.3 cm³/mol. The molecule has 4 heteroatoms. The van der Waals surface area contributed by atoms with E-state index < -0.39 is 8.32 Å². The van der Waals surface area contributed by atoms with Crippen molar-refractivity contribution in [3.8, 4) is 0 Å². The monoisotopic (exact) mass is 313 g/mol. The zero-order chi connectivity index (χ0) is 15.6. The standard InChI is InChI=1S/C17H35NO2Si/c1-13(2)21(14(3)4,15(5)6)20-16-8-7-9-18(10-16)11-17-12-19-17/h13-17H,7-12H2,1-6H3. The molecule has 2 aliphatic rings. The first-order valence-corrected chi connectivity index (χ1v) is 11.0. The van der Waals surface area contributed by atoms with E-state index in [9.17, 15) is 0 Å². The Morgan fingerprint density at radius 2 is 1.67 bits per heavy atom. The van der Waals surface area contributed by atoms with Gasteiger partial charge in [-0.1, -0.05) is 41.5 Å². The maximum atomic E-state index is 6.95. The fourth-order valence-corrected chi connectivity index (χ4v) is 10.0. The summed E-state index contributed by atoms with van der Waals surface area (Å²) in [6, 6.07) is 0. The van der Waals surface area contributed by atoms with Gasteiger partial charge in [-0.3, -0.25) is 4.90 Å². The lowest BCUT2D eigenvalue weighted by atomic mass is 10.1. The summed E-state index contributed by atoms with van der Waals surface area (Å²) >= 11 is 0. The minimum atomic E-state index is -1.73. The van der Waals surface area contributed by atoms with Crippen molar-refractivity contribution in [2.24, 2.45) is 0 Å². The van der Waals surface area contributed by atoms with Crippen LogP contribution in [-0.4, -0.2) is 51.7 Å². The maximum absolute atomic E-state index is 6.95. The third-order valence-electron chi connectivity index (χ3n) is 5.40. The SMILES string of the molecule is CC(C)[Si](OC1CCCN(CC2CO2)C1)(C(C)C)C(C)C. The highest BCUT2D eigenvalue weighted by Crippen LogP contribution is 2.43. The molecule has 2 fully saturated rings. The van der Waals surface area contributed by atoms with Crippen molar-refractivity contribution in [1.29, 1.82) is 0 Å². The van der Waals surface area contributed by atoms with Crippen molar-refractivity contribution in [3.05, 3.63) is 0 Å². The van der Waals surface area contributed by atoms with Gasteiger partial charge in [0.25, 0.3) is 0 Å². The molecule has 124 valence electrons. The highest BCUT2D eigenvalue weighted by molar-refractivity contribution is 6.77. The first-order chi connectivity index (χ1) is 9.86. The topological polar surface area (TPSA) is 25.0 Å². The smallest absolute Gasteiger partial charge is 0.200 e. The number of hydrogen-bond donors (Lipinski definition) is 0. The van der Waals surface area contributed by atoms with Gasteiger partial charge in [-0.05, 0) is 36.0 Å². The normalized spacial score (nSPS) is 27.9. The van der Waals surface area contributed by atoms with Crippen molar-refractivity contribution in [2.45, 2.75) is 83.2 Å². The van der Waals surface area contributed by atoms with Crippen LogP contribution in [0.5, 0.6) is 0 Å². The van der Waals surface area contributed by atoms with Gasteiger partial charge in [0.15, 0.2) is 0 Å². The summed E-state index contributed by atoms with van der Waals surface area (Å²) in [4.78, 5) is 2.56. The number of ether oxygens (including phenoxy) is 1. The van der Waals surface area contributed by atoms with Crippen LogP contribution in [0.25, 0.3) is 0 Å². The van der Waals surface area contributed by atoms with E-state index in [1.54, 1.807) is 0 Å². The Labute approximate surface area is 132 Å². The van der Waals surface area contributed by atoms with Crippen molar-refractivity contribution in [1.82, 2.24) is 4.90 Å². The summed E-state index contributed by atoms with van der Waals surface area (Å²) in [5, 5.41) is 0. The molecule has 0 aromatic carbocycles. The molecule has 2 heterocycles. The molecule has 2 atom stereocenters. The van der Waals surface area contributed by atoms with Gasteiger partial charge in [-0.2, -0.15) is 0 Å². The van der Waals surface area contributed by atoms with Crippen molar-refractivity contribution in [3.63, 3.8) is 0 Å². The summed E-state index contributed by atoms with van der Waals surface area (Å²) in [6.45, 7) is 18.7. The molecule has 0 bridgehead atoms. The summed E-state index contributed by atoms with van der Waals surface area (Å²) in [5.74, 6) is 0. The molecule has 0 spiro atoms. The summed E-state index contributed by atoms with van der Waals surface area (Å²) < 4.78 is 12.3. The molecule has 2 aliphatic heterocycles. The lowest BCUT2D eigenvalue weighted by molar-refractivity contribution is 0.0709. The Balaban J connectivity index is 2.01. The number of nitrogens with zero attached hydrogens (tertiary/aromatic N) is 1. The zero-order valence-corrected chi connectivity index (χ0v) is 15.9.